The molecule has 0 heterocycles. The number of anilines is 1. The van der Waals surface area contributed by atoms with Gasteiger partial charge < -0.3 is 15.2 Å². The van der Waals surface area contributed by atoms with E-state index in [2.05, 4.69) is 4.74 Å². The molecule has 0 amide bonds. The van der Waals surface area contributed by atoms with E-state index in [1.165, 1.54) is 6.07 Å². The van der Waals surface area contributed by atoms with E-state index >= 15 is 0 Å². The molecule has 0 saturated heterocycles. The lowest BCUT2D eigenvalue weighted by atomic mass is 10.2. The Labute approximate surface area is 107 Å². The largest absolute Gasteiger partial charge is 0.573 e. The summed E-state index contributed by atoms with van der Waals surface area (Å²) in [5.41, 5.74) is 5.68. The SMILES string of the molecule is Nc1cc(OC(F)(F)F)ccc1Oc1ccccc1. The summed E-state index contributed by atoms with van der Waals surface area (Å²) >= 11 is 0. The van der Waals surface area contributed by atoms with Crippen LogP contribution in [0.2, 0.25) is 0 Å². The van der Waals surface area contributed by atoms with Crippen molar-refractivity contribution in [3.05, 3.63) is 48.5 Å². The maximum absolute atomic E-state index is 12.0. The molecule has 6 heteroatoms. The Hall–Kier alpha value is -2.37. The predicted molar refractivity (Wildman–Crippen MR) is 64.1 cm³/mol. The number of para-hydroxylation sites is 1. The van der Waals surface area contributed by atoms with Crippen molar-refractivity contribution < 1.29 is 22.6 Å². The molecule has 0 unspecified atom stereocenters. The Morgan fingerprint density at radius 3 is 2.16 bits per heavy atom. The highest BCUT2D eigenvalue weighted by molar-refractivity contribution is 5.57. The lowest BCUT2D eigenvalue weighted by Crippen LogP contribution is -2.17. The summed E-state index contributed by atoms with van der Waals surface area (Å²) in [6.07, 6.45) is -4.74. The monoisotopic (exact) mass is 269 g/mol. The van der Waals surface area contributed by atoms with Crippen LogP contribution in [0.15, 0.2) is 48.5 Å². The summed E-state index contributed by atoms with van der Waals surface area (Å²) in [4.78, 5) is 0. The highest BCUT2D eigenvalue weighted by atomic mass is 19.4. The van der Waals surface area contributed by atoms with E-state index in [0.717, 1.165) is 12.1 Å². The van der Waals surface area contributed by atoms with Crippen LogP contribution in [0.4, 0.5) is 18.9 Å². The number of benzene rings is 2. The Kier molecular flexibility index (Phi) is 3.50. The molecule has 0 aliphatic carbocycles. The maximum Gasteiger partial charge on any atom is 0.573 e. The molecular weight excluding hydrogens is 259 g/mol. The summed E-state index contributed by atoms with van der Waals surface area (Å²) < 4.78 is 45.3. The standard InChI is InChI=1S/C13H10F3NO2/c14-13(15,16)19-10-6-7-12(11(17)8-10)18-9-4-2-1-3-5-9/h1-8H,17H2. The van der Waals surface area contributed by atoms with Crippen molar-refractivity contribution in [3.63, 3.8) is 0 Å². The van der Waals surface area contributed by atoms with Crippen molar-refractivity contribution in [1.29, 1.82) is 0 Å². The van der Waals surface area contributed by atoms with Gasteiger partial charge in [0.1, 0.15) is 11.5 Å². The minimum Gasteiger partial charge on any atom is -0.455 e. The molecule has 19 heavy (non-hydrogen) atoms. The van der Waals surface area contributed by atoms with E-state index < -0.39 is 6.36 Å². The number of nitrogens with two attached hydrogens (primary N) is 1. The minimum atomic E-state index is -4.74. The highest BCUT2D eigenvalue weighted by Crippen LogP contribution is 2.32. The molecule has 0 saturated carbocycles. The molecule has 0 fully saturated rings. The van der Waals surface area contributed by atoms with Crippen molar-refractivity contribution >= 4 is 5.69 Å². The lowest BCUT2D eigenvalue weighted by molar-refractivity contribution is -0.274. The normalized spacial score (nSPS) is 11.1. The Bertz CT molecular complexity index is 556. The van der Waals surface area contributed by atoms with Gasteiger partial charge in [0.2, 0.25) is 0 Å². The van der Waals surface area contributed by atoms with Crippen LogP contribution < -0.4 is 15.2 Å². The number of ether oxygens (including phenoxy) is 2. The molecule has 2 rings (SSSR count). The molecule has 2 aromatic carbocycles. The van der Waals surface area contributed by atoms with Crippen LogP contribution in [0, 0.1) is 0 Å². The highest BCUT2D eigenvalue weighted by Gasteiger charge is 2.31. The van der Waals surface area contributed by atoms with E-state index in [-0.39, 0.29) is 17.2 Å². The second kappa shape index (κ2) is 5.09. The zero-order valence-electron chi connectivity index (χ0n) is 9.65. The van der Waals surface area contributed by atoms with E-state index in [1.54, 1.807) is 24.3 Å². The molecule has 2 N–H and O–H groups in total. The molecule has 2 aromatic rings. The number of nitrogen functional groups attached to an aromatic ring is 1. The fraction of sp³-hybridized carbons (Fsp3) is 0.0769. The third kappa shape index (κ3) is 3.80. The molecule has 0 radical (unpaired) electrons. The predicted octanol–water partition coefficient (Wildman–Crippen LogP) is 3.96. The van der Waals surface area contributed by atoms with Gasteiger partial charge in [-0.05, 0) is 24.3 Å². The van der Waals surface area contributed by atoms with Gasteiger partial charge in [-0.15, -0.1) is 13.2 Å². The maximum atomic E-state index is 12.0. The van der Waals surface area contributed by atoms with Gasteiger partial charge in [0.15, 0.2) is 5.75 Å². The van der Waals surface area contributed by atoms with Crippen molar-refractivity contribution in [2.24, 2.45) is 0 Å². The molecule has 0 spiro atoms. The van der Waals surface area contributed by atoms with Crippen LogP contribution in [-0.2, 0) is 0 Å². The molecule has 0 aliphatic heterocycles. The van der Waals surface area contributed by atoms with Gasteiger partial charge >= 0.3 is 6.36 Å². The topological polar surface area (TPSA) is 44.5 Å². The Morgan fingerprint density at radius 2 is 1.58 bits per heavy atom. The zero-order chi connectivity index (χ0) is 13.9. The van der Waals surface area contributed by atoms with E-state index in [1.807, 2.05) is 6.07 Å². The van der Waals surface area contributed by atoms with Gasteiger partial charge in [-0.2, -0.15) is 0 Å². The summed E-state index contributed by atoms with van der Waals surface area (Å²) in [6.45, 7) is 0. The second-order valence-electron chi connectivity index (χ2n) is 3.66. The van der Waals surface area contributed by atoms with Crippen molar-refractivity contribution in [1.82, 2.24) is 0 Å². The van der Waals surface area contributed by atoms with Crippen LogP contribution in [-0.4, -0.2) is 6.36 Å². The number of rotatable bonds is 3. The first-order chi connectivity index (χ1) is 8.94. The van der Waals surface area contributed by atoms with Crippen molar-refractivity contribution in [3.8, 4) is 17.2 Å². The number of halogens is 3. The molecule has 0 bridgehead atoms. The fourth-order valence-electron chi connectivity index (χ4n) is 1.43. The summed E-state index contributed by atoms with van der Waals surface area (Å²) in [5, 5.41) is 0. The van der Waals surface area contributed by atoms with Gasteiger partial charge in [-0.25, -0.2) is 0 Å². The van der Waals surface area contributed by atoms with Gasteiger partial charge in [0.25, 0.3) is 0 Å². The summed E-state index contributed by atoms with van der Waals surface area (Å²) in [7, 11) is 0. The molecular formula is C13H10F3NO2. The average molecular weight is 269 g/mol. The van der Waals surface area contributed by atoms with E-state index in [9.17, 15) is 13.2 Å². The Morgan fingerprint density at radius 1 is 0.895 bits per heavy atom. The van der Waals surface area contributed by atoms with Gasteiger partial charge in [-0.1, -0.05) is 18.2 Å². The Balaban J connectivity index is 2.16. The fourth-order valence-corrected chi connectivity index (χ4v) is 1.43. The number of hydrogen-bond acceptors (Lipinski definition) is 3. The van der Waals surface area contributed by atoms with Crippen LogP contribution in [0.3, 0.4) is 0 Å². The van der Waals surface area contributed by atoms with E-state index in [4.69, 9.17) is 10.5 Å². The van der Waals surface area contributed by atoms with Crippen LogP contribution in [0.5, 0.6) is 17.2 Å². The first-order valence-electron chi connectivity index (χ1n) is 5.32. The van der Waals surface area contributed by atoms with E-state index in [0.29, 0.717) is 5.75 Å². The average Bonchev–Trinajstić information content (AvgIpc) is 2.32. The molecule has 0 atom stereocenters. The molecule has 100 valence electrons. The second-order valence-corrected chi connectivity index (χ2v) is 3.66. The third-order valence-corrected chi connectivity index (χ3v) is 2.19. The first-order valence-corrected chi connectivity index (χ1v) is 5.32. The summed E-state index contributed by atoms with van der Waals surface area (Å²) in [5.74, 6) is 0.421. The summed E-state index contributed by atoms with van der Waals surface area (Å²) in [6, 6.07) is 12.3. The van der Waals surface area contributed by atoms with Crippen molar-refractivity contribution in [2.45, 2.75) is 6.36 Å². The van der Waals surface area contributed by atoms with Crippen LogP contribution >= 0.6 is 0 Å². The van der Waals surface area contributed by atoms with Gasteiger partial charge in [0.05, 0.1) is 5.69 Å². The van der Waals surface area contributed by atoms with Crippen LogP contribution in [0.25, 0.3) is 0 Å². The third-order valence-electron chi connectivity index (χ3n) is 2.19. The minimum absolute atomic E-state index is 0.0607. The molecule has 3 nitrogen and oxygen atoms in total. The zero-order valence-corrected chi connectivity index (χ0v) is 9.65. The first kappa shape index (κ1) is 13.1. The van der Waals surface area contributed by atoms with Crippen molar-refractivity contribution in [2.75, 3.05) is 5.73 Å². The number of alkyl halides is 3. The number of hydrogen-bond donors (Lipinski definition) is 1. The van der Waals surface area contributed by atoms with Gasteiger partial charge in [0, 0.05) is 6.07 Å². The molecule has 0 aliphatic rings. The smallest absolute Gasteiger partial charge is 0.455 e. The van der Waals surface area contributed by atoms with Crippen LogP contribution in [0.1, 0.15) is 0 Å². The lowest BCUT2D eigenvalue weighted by Gasteiger charge is -2.12. The van der Waals surface area contributed by atoms with Gasteiger partial charge in [-0.3, -0.25) is 0 Å². The molecule has 0 aromatic heterocycles. The quantitative estimate of drug-likeness (QED) is 0.858.